The lowest BCUT2D eigenvalue weighted by Crippen LogP contribution is -2.39. The van der Waals surface area contributed by atoms with Crippen LogP contribution in [0.2, 0.25) is 0 Å². The summed E-state index contributed by atoms with van der Waals surface area (Å²) in [7, 11) is 0. The number of fused-ring (bicyclic) bond motifs is 1. The summed E-state index contributed by atoms with van der Waals surface area (Å²) in [6.07, 6.45) is 4.65. The molecule has 0 saturated carbocycles. The molecule has 0 bridgehead atoms. The lowest BCUT2D eigenvalue weighted by Gasteiger charge is -2.29. The summed E-state index contributed by atoms with van der Waals surface area (Å²) in [5.74, 6) is 0.0322. The average molecular weight is 452 g/mol. The Morgan fingerprint density at radius 2 is 2.15 bits per heavy atom. The smallest absolute Gasteiger partial charge is 0.270 e. The highest BCUT2D eigenvalue weighted by atomic mass is 19.1. The van der Waals surface area contributed by atoms with E-state index < -0.39 is 0 Å². The van der Waals surface area contributed by atoms with Crippen molar-refractivity contribution in [2.45, 2.75) is 39.1 Å². The predicted molar refractivity (Wildman–Crippen MR) is 120 cm³/mol. The lowest BCUT2D eigenvalue weighted by molar-refractivity contribution is 0.0689. The van der Waals surface area contributed by atoms with Gasteiger partial charge in [-0.25, -0.2) is 14.4 Å². The summed E-state index contributed by atoms with van der Waals surface area (Å²) in [6, 6.07) is 6.31. The van der Waals surface area contributed by atoms with E-state index in [1.807, 2.05) is 23.8 Å². The number of carbonyl (C=O) groups is 1. The fourth-order valence-corrected chi connectivity index (χ4v) is 4.38. The highest BCUT2D eigenvalue weighted by Gasteiger charge is 2.27. The van der Waals surface area contributed by atoms with E-state index in [1.165, 1.54) is 12.1 Å². The number of anilines is 1. The van der Waals surface area contributed by atoms with Crippen molar-refractivity contribution < 1.29 is 19.0 Å². The van der Waals surface area contributed by atoms with Gasteiger partial charge < -0.3 is 24.6 Å². The zero-order valence-corrected chi connectivity index (χ0v) is 18.4. The highest BCUT2D eigenvalue weighted by Crippen LogP contribution is 2.28. The molecule has 1 unspecified atom stereocenters. The standard InChI is InChI=1S/C24H26FN5O3/c1-15-10-26-24(27-20-4-7-33-14-20)28-22(15)18-9-21-23(32)30(6-5-29(21)12-18)11-17-8-19(25)3-2-16(17)13-31/h2-3,8-10,12,20,31H,4-7,11,13-14H2,1H3,(H,26,27,28). The Bertz CT molecular complexity index is 1190. The summed E-state index contributed by atoms with van der Waals surface area (Å²) in [5.41, 5.74) is 4.35. The van der Waals surface area contributed by atoms with Crippen LogP contribution in [0.25, 0.3) is 11.3 Å². The Labute approximate surface area is 191 Å². The first-order chi connectivity index (χ1) is 16.0. The minimum absolute atomic E-state index is 0.131. The molecule has 0 spiro atoms. The maximum Gasteiger partial charge on any atom is 0.270 e. The Hall–Kier alpha value is -3.30. The molecule has 0 aliphatic carbocycles. The number of carbonyl (C=O) groups excluding carboxylic acids is 1. The minimum atomic E-state index is -0.384. The quantitative estimate of drug-likeness (QED) is 0.599. The molecule has 2 aromatic heterocycles. The molecule has 172 valence electrons. The third-order valence-electron chi connectivity index (χ3n) is 6.22. The molecule has 3 aromatic rings. The molecule has 4 heterocycles. The number of rotatable bonds is 6. The van der Waals surface area contributed by atoms with Crippen molar-refractivity contribution >= 4 is 11.9 Å². The first-order valence-electron chi connectivity index (χ1n) is 11.1. The maximum absolute atomic E-state index is 13.7. The van der Waals surface area contributed by atoms with Gasteiger partial charge in [0.15, 0.2) is 0 Å². The maximum atomic E-state index is 13.7. The van der Waals surface area contributed by atoms with E-state index in [0.717, 1.165) is 29.8 Å². The summed E-state index contributed by atoms with van der Waals surface area (Å²) >= 11 is 0. The monoisotopic (exact) mass is 451 g/mol. The second-order valence-corrected chi connectivity index (χ2v) is 8.54. The van der Waals surface area contributed by atoms with Crippen LogP contribution in [0, 0.1) is 12.7 Å². The van der Waals surface area contributed by atoms with Crippen molar-refractivity contribution in [3.8, 4) is 11.3 Å². The number of ether oxygens (including phenoxy) is 1. The SMILES string of the molecule is Cc1cnc(NC2CCOC2)nc1-c1cc2n(c1)CCN(Cc1cc(F)ccc1CO)C2=O. The molecule has 1 atom stereocenters. The van der Waals surface area contributed by atoms with Gasteiger partial charge in [0.05, 0.1) is 24.9 Å². The molecule has 1 amide bonds. The molecule has 0 radical (unpaired) electrons. The number of nitrogens with zero attached hydrogens (tertiary/aromatic N) is 4. The first kappa shape index (κ1) is 21.5. The lowest BCUT2D eigenvalue weighted by atomic mass is 10.1. The third-order valence-corrected chi connectivity index (χ3v) is 6.22. The Morgan fingerprint density at radius 1 is 1.27 bits per heavy atom. The van der Waals surface area contributed by atoms with Crippen molar-refractivity contribution in [3.05, 3.63) is 64.9 Å². The van der Waals surface area contributed by atoms with Crippen molar-refractivity contribution in [3.63, 3.8) is 0 Å². The summed E-state index contributed by atoms with van der Waals surface area (Å²) < 4.78 is 21.1. The molecular weight excluding hydrogens is 425 g/mol. The number of nitrogens with one attached hydrogen (secondary N) is 1. The highest BCUT2D eigenvalue weighted by molar-refractivity contribution is 5.95. The van der Waals surface area contributed by atoms with Crippen molar-refractivity contribution in [2.75, 3.05) is 25.1 Å². The molecular formula is C24H26FN5O3. The van der Waals surface area contributed by atoms with E-state index in [0.29, 0.717) is 42.5 Å². The van der Waals surface area contributed by atoms with Gasteiger partial charge in [0.2, 0.25) is 5.95 Å². The van der Waals surface area contributed by atoms with Crippen LogP contribution in [-0.2, 0) is 24.4 Å². The van der Waals surface area contributed by atoms with E-state index in [1.54, 1.807) is 17.2 Å². The number of halogens is 1. The minimum Gasteiger partial charge on any atom is -0.392 e. The van der Waals surface area contributed by atoms with E-state index in [-0.39, 0.29) is 30.9 Å². The van der Waals surface area contributed by atoms with Crippen LogP contribution in [0.15, 0.2) is 36.7 Å². The largest absolute Gasteiger partial charge is 0.392 e. The summed E-state index contributed by atoms with van der Waals surface area (Å²) in [4.78, 5) is 24.0. The number of aliphatic hydroxyl groups excluding tert-OH is 1. The van der Waals surface area contributed by atoms with E-state index in [4.69, 9.17) is 9.72 Å². The van der Waals surface area contributed by atoms with Gasteiger partial charge in [-0.2, -0.15) is 0 Å². The van der Waals surface area contributed by atoms with Crippen LogP contribution in [0.3, 0.4) is 0 Å². The summed E-state index contributed by atoms with van der Waals surface area (Å²) in [6.45, 7) is 4.49. The normalized spacial score (nSPS) is 18.0. The Balaban J connectivity index is 1.39. The molecule has 9 heteroatoms. The number of aliphatic hydroxyl groups is 1. The zero-order chi connectivity index (χ0) is 22.9. The molecule has 8 nitrogen and oxygen atoms in total. The van der Waals surface area contributed by atoms with Gasteiger partial charge in [-0.3, -0.25) is 4.79 Å². The number of aryl methyl sites for hydroxylation is 1. The third kappa shape index (κ3) is 4.34. The fraction of sp³-hybridized carbons (Fsp3) is 0.375. The number of benzene rings is 1. The second kappa shape index (κ2) is 8.92. The van der Waals surface area contributed by atoms with E-state index in [9.17, 15) is 14.3 Å². The van der Waals surface area contributed by atoms with Crippen LogP contribution >= 0.6 is 0 Å². The van der Waals surface area contributed by atoms with Crippen LogP contribution in [0.4, 0.5) is 10.3 Å². The summed E-state index contributed by atoms with van der Waals surface area (Å²) in [5, 5.41) is 12.9. The van der Waals surface area contributed by atoms with Crippen molar-refractivity contribution in [2.24, 2.45) is 0 Å². The first-order valence-corrected chi connectivity index (χ1v) is 11.1. The Morgan fingerprint density at radius 3 is 2.94 bits per heavy atom. The number of hydrogen-bond donors (Lipinski definition) is 2. The molecule has 1 fully saturated rings. The number of amides is 1. The molecule has 1 saturated heterocycles. The van der Waals surface area contributed by atoms with Crippen LogP contribution in [0.5, 0.6) is 0 Å². The molecule has 33 heavy (non-hydrogen) atoms. The molecule has 2 N–H and O–H groups in total. The van der Waals surface area contributed by atoms with Crippen molar-refractivity contribution in [1.82, 2.24) is 19.4 Å². The molecule has 2 aliphatic heterocycles. The van der Waals surface area contributed by atoms with E-state index >= 15 is 0 Å². The topological polar surface area (TPSA) is 92.5 Å². The second-order valence-electron chi connectivity index (χ2n) is 8.54. The Kier molecular flexibility index (Phi) is 5.82. The molecule has 2 aliphatic rings. The van der Waals surface area contributed by atoms with Crippen LogP contribution in [0.1, 0.15) is 33.6 Å². The number of hydrogen-bond acceptors (Lipinski definition) is 6. The van der Waals surface area contributed by atoms with Crippen molar-refractivity contribution in [1.29, 1.82) is 0 Å². The van der Waals surface area contributed by atoms with E-state index in [2.05, 4.69) is 10.3 Å². The van der Waals surface area contributed by atoms with Crippen LogP contribution in [-0.4, -0.2) is 56.2 Å². The average Bonchev–Trinajstić information content (AvgIpc) is 3.47. The zero-order valence-electron chi connectivity index (χ0n) is 18.4. The predicted octanol–water partition coefficient (Wildman–Crippen LogP) is 2.74. The van der Waals surface area contributed by atoms with Gasteiger partial charge in [0.1, 0.15) is 11.5 Å². The van der Waals surface area contributed by atoms with Gasteiger partial charge in [0, 0.05) is 44.2 Å². The number of aromatic nitrogens is 3. The van der Waals surface area contributed by atoms with Gasteiger partial charge >= 0.3 is 0 Å². The molecule has 5 rings (SSSR count). The van der Waals surface area contributed by atoms with Gasteiger partial charge in [-0.1, -0.05) is 6.07 Å². The van der Waals surface area contributed by atoms with Gasteiger partial charge in [-0.05, 0) is 48.2 Å². The fourth-order valence-electron chi connectivity index (χ4n) is 4.38. The van der Waals surface area contributed by atoms with Gasteiger partial charge in [-0.15, -0.1) is 0 Å². The van der Waals surface area contributed by atoms with Crippen LogP contribution < -0.4 is 5.32 Å². The molecule has 1 aromatic carbocycles. The van der Waals surface area contributed by atoms with Gasteiger partial charge in [0.25, 0.3) is 5.91 Å².